The Morgan fingerprint density at radius 2 is 2.08 bits per heavy atom. The van der Waals surface area contributed by atoms with Gasteiger partial charge in [0, 0.05) is 25.0 Å². The second-order valence-corrected chi connectivity index (χ2v) is 6.32. The van der Waals surface area contributed by atoms with Crippen molar-refractivity contribution in [2.45, 2.75) is 38.6 Å². The Balaban J connectivity index is 1.92. The molecule has 2 atom stereocenters. The smallest absolute Gasteiger partial charge is 0.191 e. The number of benzene rings is 1. The summed E-state index contributed by atoms with van der Waals surface area (Å²) < 4.78 is 0. The van der Waals surface area contributed by atoms with Gasteiger partial charge in [0.1, 0.15) is 0 Å². The lowest BCUT2D eigenvalue weighted by molar-refractivity contribution is 0.265. The number of nitrogens with one attached hydrogen (secondary N) is 2. The van der Waals surface area contributed by atoms with Crippen LogP contribution in [0.15, 0.2) is 35.3 Å². The van der Waals surface area contributed by atoms with E-state index in [4.69, 9.17) is 0 Å². The van der Waals surface area contributed by atoms with Crippen molar-refractivity contribution in [3.63, 3.8) is 0 Å². The first-order chi connectivity index (χ1) is 11.8. The largest absolute Gasteiger partial charge is 0.396 e. The Labute approximate surface area is 146 Å². The summed E-state index contributed by atoms with van der Waals surface area (Å²) in [5.74, 6) is 0.884. The second kappa shape index (κ2) is 10.3. The monoisotopic (exact) mass is 332 g/mol. The van der Waals surface area contributed by atoms with Crippen molar-refractivity contribution in [1.82, 2.24) is 15.5 Å². The molecule has 3 N–H and O–H groups in total. The Morgan fingerprint density at radius 1 is 1.29 bits per heavy atom. The maximum absolute atomic E-state index is 9.67. The fraction of sp³-hybridized carbons (Fsp3) is 0.632. The van der Waals surface area contributed by atoms with Crippen LogP contribution in [-0.2, 0) is 0 Å². The summed E-state index contributed by atoms with van der Waals surface area (Å²) in [6.07, 6.45) is 2.54. The number of likely N-dealkylation sites (N-methyl/N-ethyl adjacent to an activating group) is 1. The van der Waals surface area contributed by atoms with Gasteiger partial charge >= 0.3 is 0 Å². The van der Waals surface area contributed by atoms with Crippen molar-refractivity contribution in [3.05, 3.63) is 35.9 Å². The molecule has 0 amide bonds. The minimum atomic E-state index is 0.0419. The van der Waals surface area contributed by atoms with Gasteiger partial charge < -0.3 is 15.7 Å². The van der Waals surface area contributed by atoms with Crippen LogP contribution in [0.4, 0.5) is 0 Å². The van der Waals surface area contributed by atoms with E-state index in [9.17, 15) is 5.11 Å². The molecule has 1 heterocycles. The van der Waals surface area contributed by atoms with E-state index in [-0.39, 0.29) is 12.5 Å². The maximum Gasteiger partial charge on any atom is 0.191 e. The number of hydrogen-bond donors (Lipinski definition) is 3. The van der Waals surface area contributed by atoms with Crippen LogP contribution in [0.2, 0.25) is 0 Å². The summed E-state index contributed by atoms with van der Waals surface area (Å²) in [6, 6.07) is 10.7. The molecule has 1 aliphatic rings. The summed E-state index contributed by atoms with van der Waals surface area (Å²) in [4.78, 5) is 7.21. The van der Waals surface area contributed by atoms with Gasteiger partial charge in [-0.05, 0) is 38.4 Å². The molecule has 1 fully saturated rings. The number of likely N-dealkylation sites (tertiary alicyclic amines) is 1. The van der Waals surface area contributed by atoms with Crippen molar-refractivity contribution in [1.29, 1.82) is 0 Å². The van der Waals surface area contributed by atoms with E-state index in [1.165, 1.54) is 19.4 Å². The third kappa shape index (κ3) is 5.49. The molecule has 134 valence electrons. The Hall–Kier alpha value is -1.59. The molecular formula is C19H32N4O. The molecule has 5 heteroatoms. The van der Waals surface area contributed by atoms with E-state index in [2.05, 4.69) is 46.5 Å². The third-order valence-electron chi connectivity index (χ3n) is 4.72. The van der Waals surface area contributed by atoms with Gasteiger partial charge in [0.2, 0.25) is 0 Å². The second-order valence-electron chi connectivity index (χ2n) is 6.32. The molecule has 2 rings (SSSR count). The Kier molecular flexibility index (Phi) is 8.05. The summed E-state index contributed by atoms with van der Waals surface area (Å²) >= 11 is 0. The van der Waals surface area contributed by atoms with E-state index in [1.54, 1.807) is 0 Å². The van der Waals surface area contributed by atoms with Crippen molar-refractivity contribution >= 4 is 5.96 Å². The van der Waals surface area contributed by atoms with E-state index in [1.807, 2.05) is 18.2 Å². The minimum absolute atomic E-state index is 0.0419. The van der Waals surface area contributed by atoms with E-state index in [0.717, 1.165) is 31.2 Å². The van der Waals surface area contributed by atoms with E-state index < -0.39 is 0 Å². The zero-order chi connectivity index (χ0) is 17.2. The molecule has 0 spiro atoms. The van der Waals surface area contributed by atoms with Crippen LogP contribution in [0.5, 0.6) is 0 Å². The molecule has 5 nitrogen and oxygen atoms in total. The van der Waals surface area contributed by atoms with Crippen molar-refractivity contribution in [2.75, 3.05) is 39.3 Å². The zero-order valence-corrected chi connectivity index (χ0v) is 15.0. The number of hydrogen-bond acceptors (Lipinski definition) is 3. The fourth-order valence-electron chi connectivity index (χ4n) is 3.29. The number of aliphatic hydroxyl groups excluding tert-OH is 1. The number of rotatable bonds is 8. The third-order valence-corrected chi connectivity index (χ3v) is 4.72. The number of aliphatic hydroxyl groups is 1. The van der Waals surface area contributed by atoms with Gasteiger partial charge in [-0.1, -0.05) is 37.3 Å². The first-order valence-corrected chi connectivity index (χ1v) is 9.20. The van der Waals surface area contributed by atoms with Gasteiger partial charge in [-0.25, -0.2) is 0 Å². The highest BCUT2D eigenvalue weighted by atomic mass is 16.3. The highest BCUT2D eigenvalue weighted by Crippen LogP contribution is 2.16. The lowest BCUT2D eigenvalue weighted by Crippen LogP contribution is -2.45. The van der Waals surface area contributed by atoms with Crippen molar-refractivity contribution < 1.29 is 5.11 Å². The molecule has 0 aliphatic carbocycles. The van der Waals surface area contributed by atoms with E-state index >= 15 is 0 Å². The lowest BCUT2D eigenvalue weighted by atomic mass is 10.0. The molecule has 1 aliphatic heterocycles. The fourth-order valence-corrected chi connectivity index (χ4v) is 3.29. The maximum atomic E-state index is 9.67. The molecule has 0 radical (unpaired) electrons. The van der Waals surface area contributed by atoms with Crippen molar-refractivity contribution in [3.8, 4) is 0 Å². The molecule has 2 unspecified atom stereocenters. The normalized spacial score (nSPS) is 20.1. The van der Waals surface area contributed by atoms with Crippen LogP contribution in [-0.4, -0.2) is 61.3 Å². The predicted molar refractivity (Wildman–Crippen MR) is 101 cm³/mol. The number of nitrogens with zero attached hydrogens (tertiary/aromatic N) is 2. The van der Waals surface area contributed by atoms with Crippen LogP contribution < -0.4 is 10.6 Å². The Morgan fingerprint density at radius 3 is 2.75 bits per heavy atom. The molecule has 0 saturated carbocycles. The van der Waals surface area contributed by atoms with Crippen LogP contribution >= 0.6 is 0 Å². The molecule has 1 aromatic carbocycles. The molecular weight excluding hydrogens is 300 g/mol. The average Bonchev–Trinajstić information content (AvgIpc) is 3.08. The van der Waals surface area contributed by atoms with Gasteiger partial charge in [0.05, 0.1) is 13.2 Å². The lowest BCUT2D eigenvalue weighted by Gasteiger charge is -2.24. The first-order valence-electron chi connectivity index (χ1n) is 9.20. The molecule has 1 saturated heterocycles. The SMILES string of the molecule is CCNC(=NCC(CO)c1ccccc1)NCC1CCCN1CC. The van der Waals surface area contributed by atoms with E-state index in [0.29, 0.717) is 12.6 Å². The van der Waals surface area contributed by atoms with Crippen molar-refractivity contribution in [2.24, 2.45) is 4.99 Å². The van der Waals surface area contributed by atoms with Gasteiger partial charge in [0.15, 0.2) is 5.96 Å². The number of aliphatic imine (C=N–C) groups is 1. The quantitative estimate of drug-likeness (QED) is 0.502. The Bertz CT molecular complexity index is 491. The highest BCUT2D eigenvalue weighted by molar-refractivity contribution is 5.79. The molecule has 1 aromatic rings. The zero-order valence-electron chi connectivity index (χ0n) is 15.0. The topological polar surface area (TPSA) is 59.9 Å². The first kappa shape index (κ1) is 18.7. The van der Waals surface area contributed by atoms with Crippen LogP contribution in [0, 0.1) is 0 Å². The van der Waals surface area contributed by atoms with Gasteiger partial charge in [-0.3, -0.25) is 9.89 Å². The predicted octanol–water partition coefficient (Wildman–Crippen LogP) is 1.80. The van der Waals surface area contributed by atoms with Gasteiger partial charge in [0.25, 0.3) is 0 Å². The van der Waals surface area contributed by atoms with Crippen LogP contribution in [0.25, 0.3) is 0 Å². The summed E-state index contributed by atoms with van der Waals surface area (Å²) in [5.41, 5.74) is 1.13. The molecule has 24 heavy (non-hydrogen) atoms. The molecule has 0 aromatic heterocycles. The summed E-state index contributed by atoms with van der Waals surface area (Å²) in [6.45, 7) is 9.07. The van der Waals surface area contributed by atoms with Crippen LogP contribution in [0.3, 0.4) is 0 Å². The van der Waals surface area contributed by atoms with Crippen LogP contribution in [0.1, 0.15) is 38.2 Å². The van der Waals surface area contributed by atoms with Gasteiger partial charge in [-0.2, -0.15) is 0 Å². The molecule has 0 bridgehead atoms. The highest BCUT2D eigenvalue weighted by Gasteiger charge is 2.22. The average molecular weight is 332 g/mol. The summed E-state index contributed by atoms with van der Waals surface area (Å²) in [7, 11) is 0. The number of guanidine groups is 1. The summed E-state index contributed by atoms with van der Waals surface area (Å²) in [5, 5.41) is 16.5. The minimum Gasteiger partial charge on any atom is -0.396 e. The van der Waals surface area contributed by atoms with Gasteiger partial charge in [-0.15, -0.1) is 0 Å². The standard InChI is InChI=1S/C19H32N4O/c1-3-20-19(22-14-18-11-8-12-23(18)4-2)21-13-17(15-24)16-9-6-5-7-10-16/h5-7,9-10,17-18,24H,3-4,8,11-15H2,1-2H3,(H2,20,21,22).